The van der Waals surface area contributed by atoms with Crippen LogP contribution in [-0.4, -0.2) is 31.1 Å². The van der Waals surface area contributed by atoms with E-state index in [0.29, 0.717) is 23.6 Å². The number of aryl methyl sites for hydroxylation is 1. The first-order valence-electron chi connectivity index (χ1n) is 10.4. The van der Waals surface area contributed by atoms with Crippen LogP contribution in [0.25, 0.3) is 6.08 Å². The molecular weight excluding hydrogens is 420 g/mol. The summed E-state index contributed by atoms with van der Waals surface area (Å²) in [5.41, 5.74) is 1.65. The van der Waals surface area contributed by atoms with Crippen molar-refractivity contribution in [3.05, 3.63) is 95.6 Å². The average Bonchev–Trinajstić information content (AvgIpc) is 2.81. The van der Waals surface area contributed by atoms with Crippen LogP contribution in [0.2, 0.25) is 0 Å². The van der Waals surface area contributed by atoms with Crippen LogP contribution in [0, 0.1) is 6.92 Å². The zero-order valence-electron chi connectivity index (χ0n) is 18.0. The van der Waals surface area contributed by atoms with E-state index in [-0.39, 0.29) is 12.2 Å². The first kappa shape index (κ1) is 21.8. The number of para-hydroxylation sites is 2. The summed E-state index contributed by atoms with van der Waals surface area (Å²) in [5.74, 6) is -0.226. The average molecular weight is 442 g/mol. The third-order valence-corrected chi connectivity index (χ3v) is 4.93. The SMILES string of the molecule is Cc1cccc(N2C(=O)NC(=O)/C(=C/c3ccccc3OCCOc3ccccc3)C2=O)c1. The fraction of sp³-hybridized carbons (Fsp3) is 0.115. The third kappa shape index (κ3) is 5.10. The Bertz CT molecular complexity index is 1220. The highest BCUT2D eigenvalue weighted by atomic mass is 16.5. The molecule has 0 atom stereocenters. The van der Waals surface area contributed by atoms with Gasteiger partial charge in [0.1, 0.15) is 30.3 Å². The van der Waals surface area contributed by atoms with E-state index in [1.54, 1.807) is 42.5 Å². The van der Waals surface area contributed by atoms with Crippen molar-refractivity contribution >= 4 is 29.6 Å². The number of carbonyl (C=O) groups excluding carboxylic acids is 3. The maximum Gasteiger partial charge on any atom is 0.335 e. The van der Waals surface area contributed by atoms with Gasteiger partial charge in [-0.1, -0.05) is 48.5 Å². The first-order chi connectivity index (χ1) is 16.0. The fourth-order valence-electron chi connectivity index (χ4n) is 3.37. The number of imide groups is 2. The van der Waals surface area contributed by atoms with E-state index in [2.05, 4.69) is 5.32 Å². The molecule has 1 heterocycles. The zero-order chi connectivity index (χ0) is 23.2. The third-order valence-electron chi connectivity index (χ3n) is 4.93. The summed E-state index contributed by atoms with van der Waals surface area (Å²) in [7, 11) is 0. The van der Waals surface area contributed by atoms with Crippen molar-refractivity contribution in [2.45, 2.75) is 6.92 Å². The second-order valence-corrected chi connectivity index (χ2v) is 7.34. The summed E-state index contributed by atoms with van der Waals surface area (Å²) >= 11 is 0. The highest BCUT2D eigenvalue weighted by molar-refractivity contribution is 6.39. The molecular formula is C26H22N2O5. The van der Waals surface area contributed by atoms with Crippen molar-refractivity contribution in [3.8, 4) is 11.5 Å². The molecule has 1 fully saturated rings. The van der Waals surface area contributed by atoms with Gasteiger partial charge < -0.3 is 9.47 Å². The maximum atomic E-state index is 13.1. The molecule has 0 bridgehead atoms. The minimum atomic E-state index is -0.782. The van der Waals surface area contributed by atoms with Crippen molar-refractivity contribution in [3.63, 3.8) is 0 Å². The van der Waals surface area contributed by atoms with Crippen LogP contribution in [0.1, 0.15) is 11.1 Å². The minimum Gasteiger partial charge on any atom is -0.490 e. The lowest BCUT2D eigenvalue weighted by molar-refractivity contribution is -0.122. The van der Waals surface area contributed by atoms with E-state index in [9.17, 15) is 14.4 Å². The highest BCUT2D eigenvalue weighted by Gasteiger charge is 2.37. The molecule has 7 nitrogen and oxygen atoms in total. The number of barbiturate groups is 1. The number of amides is 4. The molecule has 3 aromatic carbocycles. The molecule has 0 saturated carbocycles. The smallest absolute Gasteiger partial charge is 0.335 e. The van der Waals surface area contributed by atoms with E-state index in [1.807, 2.05) is 43.3 Å². The van der Waals surface area contributed by atoms with Crippen molar-refractivity contribution in [2.75, 3.05) is 18.1 Å². The van der Waals surface area contributed by atoms with Crippen LogP contribution in [-0.2, 0) is 9.59 Å². The van der Waals surface area contributed by atoms with Gasteiger partial charge in [0.2, 0.25) is 0 Å². The van der Waals surface area contributed by atoms with Gasteiger partial charge >= 0.3 is 6.03 Å². The summed E-state index contributed by atoms with van der Waals surface area (Å²) in [6.07, 6.45) is 1.43. The van der Waals surface area contributed by atoms with Gasteiger partial charge in [0, 0.05) is 5.56 Å². The number of nitrogens with one attached hydrogen (secondary N) is 1. The normalized spacial score (nSPS) is 14.9. The number of rotatable bonds is 7. The van der Waals surface area contributed by atoms with Crippen LogP contribution in [0.4, 0.5) is 10.5 Å². The van der Waals surface area contributed by atoms with E-state index < -0.39 is 17.8 Å². The molecule has 33 heavy (non-hydrogen) atoms. The predicted molar refractivity (Wildman–Crippen MR) is 124 cm³/mol. The maximum absolute atomic E-state index is 13.1. The van der Waals surface area contributed by atoms with Crippen molar-refractivity contribution in [1.29, 1.82) is 0 Å². The summed E-state index contributed by atoms with van der Waals surface area (Å²) in [6, 6.07) is 22.6. The Balaban J connectivity index is 1.53. The van der Waals surface area contributed by atoms with Gasteiger partial charge in [-0.25, -0.2) is 9.69 Å². The van der Waals surface area contributed by atoms with Gasteiger partial charge in [0.05, 0.1) is 5.69 Å². The molecule has 1 aliphatic heterocycles. The fourth-order valence-corrected chi connectivity index (χ4v) is 3.37. The molecule has 3 aromatic rings. The van der Waals surface area contributed by atoms with Crippen LogP contribution < -0.4 is 19.7 Å². The topological polar surface area (TPSA) is 84.9 Å². The summed E-state index contributed by atoms with van der Waals surface area (Å²) in [5, 5.41) is 2.24. The quantitative estimate of drug-likeness (QED) is 0.338. The standard InChI is InChI=1S/C26H22N2O5/c1-18-8-7-10-20(16-18)28-25(30)22(24(29)27-26(28)31)17-19-9-5-6-13-23(19)33-15-14-32-21-11-3-2-4-12-21/h2-13,16-17H,14-15H2,1H3,(H,27,29,31)/b22-17-. The molecule has 4 amide bonds. The number of hydrogen-bond acceptors (Lipinski definition) is 5. The highest BCUT2D eigenvalue weighted by Crippen LogP contribution is 2.26. The molecule has 1 aliphatic rings. The number of hydrogen-bond donors (Lipinski definition) is 1. The Morgan fingerprint density at radius 1 is 0.848 bits per heavy atom. The Kier molecular flexibility index (Phi) is 6.50. The van der Waals surface area contributed by atoms with E-state index >= 15 is 0 Å². The van der Waals surface area contributed by atoms with E-state index in [4.69, 9.17) is 9.47 Å². The Hall–Kier alpha value is -4.39. The van der Waals surface area contributed by atoms with Crippen LogP contribution in [0.3, 0.4) is 0 Å². The molecule has 0 radical (unpaired) electrons. The number of urea groups is 1. The van der Waals surface area contributed by atoms with Crippen LogP contribution in [0.5, 0.6) is 11.5 Å². The van der Waals surface area contributed by atoms with Crippen LogP contribution >= 0.6 is 0 Å². The molecule has 4 rings (SSSR count). The zero-order valence-corrected chi connectivity index (χ0v) is 18.0. The molecule has 1 N–H and O–H groups in total. The van der Waals surface area contributed by atoms with Crippen molar-refractivity contribution < 1.29 is 23.9 Å². The lowest BCUT2D eigenvalue weighted by Gasteiger charge is -2.26. The van der Waals surface area contributed by atoms with Gasteiger partial charge in [-0.05, 0) is 48.9 Å². The second-order valence-electron chi connectivity index (χ2n) is 7.34. The lowest BCUT2D eigenvalue weighted by Crippen LogP contribution is -2.54. The van der Waals surface area contributed by atoms with Gasteiger partial charge in [-0.2, -0.15) is 0 Å². The van der Waals surface area contributed by atoms with Gasteiger partial charge in [-0.3, -0.25) is 14.9 Å². The number of anilines is 1. The first-order valence-corrected chi connectivity index (χ1v) is 10.4. The number of nitrogens with zero attached hydrogens (tertiary/aromatic N) is 1. The van der Waals surface area contributed by atoms with Gasteiger partial charge in [0.25, 0.3) is 11.8 Å². The second kappa shape index (κ2) is 9.82. The summed E-state index contributed by atoms with van der Waals surface area (Å²) in [4.78, 5) is 38.9. The Morgan fingerprint density at radius 2 is 1.58 bits per heavy atom. The summed E-state index contributed by atoms with van der Waals surface area (Å²) in [6.45, 7) is 2.44. The summed E-state index contributed by atoms with van der Waals surface area (Å²) < 4.78 is 11.5. The van der Waals surface area contributed by atoms with Crippen molar-refractivity contribution in [2.24, 2.45) is 0 Å². The Labute approximate surface area is 191 Å². The van der Waals surface area contributed by atoms with Crippen molar-refractivity contribution in [1.82, 2.24) is 5.32 Å². The monoisotopic (exact) mass is 442 g/mol. The number of carbonyl (C=O) groups is 3. The number of ether oxygens (including phenoxy) is 2. The van der Waals surface area contributed by atoms with E-state index in [0.717, 1.165) is 16.2 Å². The Morgan fingerprint density at radius 3 is 2.36 bits per heavy atom. The largest absolute Gasteiger partial charge is 0.490 e. The molecule has 0 aromatic heterocycles. The van der Waals surface area contributed by atoms with Gasteiger partial charge in [-0.15, -0.1) is 0 Å². The number of benzene rings is 3. The predicted octanol–water partition coefficient (Wildman–Crippen LogP) is 4.12. The lowest BCUT2D eigenvalue weighted by atomic mass is 10.1. The minimum absolute atomic E-state index is 0.160. The van der Waals surface area contributed by atoms with Gasteiger partial charge in [0.15, 0.2) is 0 Å². The molecule has 0 unspecified atom stereocenters. The van der Waals surface area contributed by atoms with Crippen LogP contribution in [0.15, 0.2) is 84.4 Å². The molecule has 7 heteroatoms. The van der Waals surface area contributed by atoms with E-state index in [1.165, 1.54) is 6.08 Å². The molecule has 0 aliphatic carbocycles. The molecule has 1 saturated heterocycles. The molecule has 166 valence electrons. The molecule has 0 spiro atoms.